The molecule has 74 heavy (non-hydrogen) atoms. The second kappa shape index (κ2) is 21.2. The number of rotatable bonds is 9. The van der Waals surface area contributed by atoms with Gasteiger partial charge in [0.2, 0.25) is 11.8 Å². The van der Waals surface area contributed by atoms with E-state index in [1.54, 1.807) is 17.3 Å². The maximum absolute atomic E-state index is 13.6. The van der Waals surface area contributed by atoms with Crippen LogP contribution in [0.15, 0.2) is 73.6 Å². The third-order valence-corrected chi connectivity index (χ3v) is 13.4. The van der Waals surface area contributed by atoms with Crippen molar-refractivity contribution in [3.63, 3.8) is 0 Å². The summed E-state index contributed by atoms with van der Waals surface area (Å²) < 4.78 is 33.5. The number of carbonyl (C=O) groups excluding carboxylic acids is 1. The van der Waals surface area contributed by atoms with Crippen molar-refractivity contribution in [1.82, 2.24) is 39.9 Å². The number of aryl methyl sites for hydroxylation is 2. The quantitative estimate of drug-likeness (QED) is 0.125. The third kappa shape index (κ3) is 11.8. The van der Waals surface area contributed by atoms with E-state index in [9.17, 15) is 4.79 Å². The molecule has 4 N–H and O–H groups in total. The number of ether oxygens (including phenoxy) is 6. The molecule has 12 rings (SSSR count). The van der Waals surface area contributed by atoms with Crippen molar-refractivity contribution in [3.05, 3.63) is 95.0 Å². The summed E-state index contributed by atoms with van der Waals surface area (Å²) in [5.41, 5.74) is 12.5. The Labute approximate surface area is 438 Å². The smallest absolute Gasteiger partial charge is 0.329 e. The van der Waals surface area contributed by atoms with Crippen molar-refractivity contribution in [1.29, 1.82) is 0 Å². The molecule has 388 valence electrons. The standard InChI is InChI=1S/C26H28ClN7O4.C15H15ClN4.C10H15N3O3/c1-15-8-16(4-6-29-15)23-19(27)9-20-24(32-23)34(17-5-7-33(20)12-17)25(35)31-21-10-28-11-22(30-21)36-13-18-14-37-26(2,3)38-18;1-9-6-10(2-4-17-9)14-12(16)7-13-15(19-14)18-11-3-5-20(13)8-11;1-10(2)15-6-7(16-10)5-14-9-4-12-3-8(11)13-9/h4,6,8-11,17-18H,5,7,12-14H2,1-3H3,(H,30,31,35);2,4,6-7,11H,3,5,8H2,1H3,(H,18,19);3-4,7H,5-6H2,1-2H3,(H2,11,13)/t17-,18-;11-;7-/m000/s1. The van der Waals surface area contributed by atoms with Crippen LogP contribution in [0.5, 0.6) is 11.8 Å². The van der Waals surface area contributed by atoms with Crippen molar-refractivity contribution < 1.29 is 33.2 Å². The van der Waals surface area contributed by atoms with Gasteiger partial charge in [0, 0.05) is 67.1 Å². The highest BCUT2D eigenvalue weighted by Crippen LogP contribution is 2.44. The predicted molar refractivity (Wildman–Crippen MR) is 280 cm³/mol. The van der Waals surface area contributed by atoms with Gasteiger partial charge in [-0.15, -0.1) is 0 Å². The lowest BCUT2D eigenvalue weighted by molar-refractivity contribution is -0.142. The molecule has 21 nitrogen and oxygen atoms in total. The molecule has 12 heterocycles. The minimum Gasteiger partial charge on any atom is -0.474 e. The summed E-state index contributed by atoms with van der Waals surface area (Å²) in [5.74, 6) is 1.63. The second-order valence-corrected chi connectivity index (χ2v) is 20.3. The second-order valence-electron chi connectivity index (χ2n) is 19.5. The van der Waals surface area contributed by atoms with Gasteiger partial charge in [-0.05, 0) is 90.8 Å². The number of hydrogen-bond donors (Lipinski definition) is 3. The number of nitrogen functional groups attached to an aromatic ring is 1. The van der Waals surface area contributed by atoms with Crippen LogP contribution in [0.25, 0.3) is 22.5 Å². The number of urea groups is 1. The largest absolute Gasteiger partial charge is 0.474 e. The van der Waals surface area contributed by atoms with E-state index < -0.39 is 11.6 Å². The molecule has 0 aliphatic carbocycles. The van der Waals surface area contributed by atoms with Crippen LogP contribution in [0.4, 0.5) is 39.4 Å². The van der Waals surface area contributed by atoms with Crippen LogP contribution in [0, 0.1) is 13.8 Å². The van der Waals surface area contributed by atoms with Crippen LogP contribution >= 0.6 is 23.2 Å². The SMILES string of the molecule is CC1(C)OC[C@H](COc2cncc(N)n2)O1.Cc1cc(-c2nc3c(cc2Cl)N2CC[C@@H](C2)N3)ccn1.Cc1cc(-c2nc3c(cc2Cl)N2CC[C@@H](C2)N3C(=O)Nc2cncc(OC[C@H]3COC(C)(C)O3)n2)ccn1. The maximum Gasteiger partial charge on any atom is 0.329 e. The summed E-state index contributed by atoms with van der Waals surface area (Å²) >= 11 is 13.1. The molecule has 4 atom stereocenters. The van der Waals surface area contributed by atoms with Crippen molar-refractivity contribution in [2.75, 3.05) is 83.7 Å². The molecule has 4 saturated heterocycles. The van der Waals surface area contributed by atoms with Crippen molar-refractivity contribution in [3.8, 4) is 34.3 Å². The Hall–Kier alpha value is -6.75. The van der Waals surface area contributed by atoms with Crippen LogP contribution < -0.4 is 40.5 Å². The summed E-state index contributed by atoms with van der Waals surface area (Å²) in [4.78, 5) is 54.5. The first-order valence-corrected chi connectivity index (χ1v) is 25.2. The van der Waals surface area contributed by atoms with Gasteiger partial charge in [0.25, 0.3) is 0 Å². The number of aromatic nitrogens is 8. The Morgan fingerprint density at radius 1 is 0.757 bits per heavy atom. The molecule has 0 aromatic carbocycles. The van der Waals surface area contributed by atoms with Crippen LogP contribution in [-0.2, 0) is 18.9 Å². The molecule has 4 bridgehead atoms. The topological polar surface area (TPSA) is 235 Å². The fraction of sp³-hybridized carbons (Fsp3) is 0.431. The van der Waals surface area contributed by atoms with Gasteiger partial charge in [0.15, 0.2) is 29.0 Å². The number of nitrogens with two attached hydrogens (primary N) is 1. The van der Waals surface area contributed by atoms with E-state index in [4.69, 9.17) is 67.3 Å². The number of hydrogen-bond acceptors (Lipinski definition) is 19. The highest BCUT2D eigenvalue weighted by molar-refractivity contribution is 6.34. The number of carbonyl (C=O) groups is 1. The lowest BCUT2D eigenvalue weighted by Gasteiger charge is -2.36. The summed E-state index contributed by atoms with van der Waals surface area (Å²) in [6.07, 6.45) is 11.2. The average Bonchev–Trinajstić information content (AvgIpc) is 4.16. The average molecular weight is 1050 g/mol. The van der Waals surface area contributed by atoms with Gasteiger partial charge in [-0.3, -0.25) is 30.2 Å². The van der Waals surface area contributed by atoms with Gasteiger partial charge >= 0.3 is 6.03 Å². The molecule has 0 spiro atoms. The van der Waals surface area contributed by atoms with Gasteiger partial charge in [0.05, 0.1) is 76.9 Å². The fourth-order valence-electron chi connectivity index (χ4n) is 9.52. The molecule has 0 unspecified atom stereocenters. The van der Waals surface area contributed by atoms with Gasteiger partial charge < -0.3 is 49.3 Å². The zero-order valence-electron chi connectivity index (χ0n) is 41.9. The summed E-state index contributed by atoms with van der Waals surface area (Å²) in [6, 6.07) is 11.8. The first-order valence-electron chi connectivity index (χ1n) is 24.4. The van der Waals surface area contributed by atoms with Crippen LogP contribution in [-0.4, -0.2) is 134 Å². The number of fused-ring (bicyclic) bond motifs is 8. The number of pyridine rings is 4. The van der Waals surface area contributed by atoms with E-state index in [-0.39, 0.29) is 42.6 Å². The third-order valence-electron chi connectivity index (χ3n) is 12.9. The Morgan fingerprint density at radius 2 is 1.34 bits per heavy atom. The van der Waals surface area contributed by atoms with Gasteiger partial charge in [-0.1, -0.05) is 23.2 Å². The normalized spacial score (nSPS) is 21.3. The summed E-state index contributed by atoms with van der Waals surface area (Å²) in [6.45, 7) is 16.6. The summed E-state index contributed by atoms with van der Waals surface area (Å²) in [5, 5.41) is 7.61. The van der Waals surface area contributed by atoms with Crippen molar-refractivity contribution in [2.24, 2.45) is 0 Å². The monoisotopic (exact) mass is 1050 g/mol. The zero-order chi connectivity index (χ0) is 51.7. The molecule has 2 amide bonds. The van der Waals surface area contributed by atoms with E-state index in [0.717, 1.165) is 77.9 Å². The van der Waals surface area contributed by atoms with Crippen LogP contribution in [0.3, 0.4) is 0 Å². The Bertz CT molecular complexity index is 3030. The number of halogens is 2. The maximum atomic E-state index is 13.6. The van der Waals surface area contributed by atoms with Gasteiger partial charge in [0.1, 0.15) is 31.2 Å². The minimum absolute atomic E-state index is 0.0292. The summed E-state index contributed by atoms with van der Waals surface area (Å²) in [7, 11) is 0. The van der Waals surface area contributed by atoms with Gasteiger partial charge in [-0.2, -0.15) is 9.97 Å². The van der Waals surface area contributed by atoms with Gasteiger partial charge in [-0.25, -0.2) is 14.8 Å². The van der Waals surface area contributed by atoms with E-state index in [1.165, 1.54) is 24.8 Å². The number of nitrogens with zero attached hydrogens (tertiary/aromatic N) is 11. The van der Waals surface area contributed by atoms with E-state index in [2.05, 4.69) is 50.3 Å². The number of nitrogens with one attached hydrogen (secondary N) is 2. The molecule has 4 fully saturated rings. The molecule has 23 heteroatoms. The Kier molecular flexibility index (Phi) is 14.6. The number of amides is 2. The molecular weight excluding hydrogens is 992 g/mol. The first-order chi connectivity index (χ1) is 35.5. The number of anilines is 6. The van der Waals surface area contributed by atoms with Crippen LogP contribution in [0.2, 0.25) is 10.0 Å². The van der Waals surface area contributed by atoms with Crippen LogP contribution in [0.1, 0.15) is 51.9 Å². The van der Waals surface area contributed by atoms with Crippen molar-refractivity contribution in [2.45, 2.75) is 90.2 Å². The molecule has 0 radical (unpaired) electrons. The van der Waals surface area contributed by atoms with E-state index >= 15 is 0 Å². The molecule has 6 aliphatic rings. The molecule has 6 aromatic rings. The lowest BCUT2D eigenvalue weighted by atomic mass is 10.1. The minimum atomic E-state index is -0.634. The lowest BCUT2D eigenvalue weighted by Crippen LogP contribution is -2.48. The molecular formula is C51H58Cl2N14O7. The Morgan fingerprint density at radius 3 is 1.95 bits per heavy atom. The molecule has 6 aromatic heterocycles. The molecule has 6 aliphatic heterocycles. The highest BCUT2D eigenvalue weighted by Gasteiger charge is 2.41. The molecule has 0 saturated carbocycles. The fourth-order valence-corrected chi connectivity index (χ4v) is 10.0. The van der Waals surface area contributed by atoms with E-state index in [1.807, 2.05) is 77.9 Å². The van der Waals surface area contributed by atoms with Crippen molar-refractivity contribution >= 4 is 63.9 Å². The predicted octanol–water partition coefficient (Wildman–Crippen LogP) is 7.76. The highest BCUT2D eigenvalue weighted by atomic mass is 35.5. The Balaban J connectivity index is 0.000000144. The zero-order valence-corrected chi connectivity index (χ0v) is 43.4. The first kappa shape index (κ1) is 50.8. The van der Waals surface area contributed by atoms with E-state index in [0.29, 0.717) is 65.7 Å².